The van der Waals surface area contributed by atoms with Crippen LogP contribution in [0.15, 0.2) is 23.0 Å². The molecule has 0 spiro atoms. The number of methoxy groups -OCH3 is 1. The van der Waals surface area contributed by atoms with E-state index in [0.29, 0.717) is 23.3 Å². The predicted molar refractivity (Wildman–Crippen MR) is 261 cm³/mol. The molecule has 4 N–H and O–H groups in total. The molecule has 3 aromatic heterocycles. The van der Waals surface area contributed by atoms with Gasteiger partial charge in [-0.25, -0.2) is 0 Å². The van der Waals surface area contributed by atoms with Gasteiger partial charge >= 0.3 is 11.9 Å². The Hall–Kier alpha value is -4.79. The first-order chi connectivity index (χ1) is 30.6. The van der Waals surface area contributed by atoms with Gasteiger partial charge in [-0.1, -0.05) is 99.0 Å². The van der Waals surface area contributed by atoms with Gasteiger partial charge in [-0.15, -0.1) is 0 Å². The summed E-state index contributed by atoms with van der Waals surface area (Å²) in [4.78, 5) is 52.5. The summed E-state index contributed by atoms with van der Waals surface area (Å²) in [5.41, 5.74) is 13.2. The summed E-state index contributed by atoms with van der Waals surface area (Å²) in [5, 5.41) is 5.76. The van der Waals surface area contributed by atoms with Crippen LogP contribution in [0.25, 0.3) is 23.8 Å². The molecule has 1 aliphatic carbocycles. The molecular formula is C55H78N4O5. The summed E-state index contributed by atoms with van der Waals surface area (Å²) < 4.78 is 11.1. The first-order valence-electron chi connectivity index (χ1n) is 24.6. The smallest absolute Gasteiger partial charge is 0.321 e. The van der Waals surface area contributed by atoms with Gasteiger partial charge in [0.2, 0.25) is 0 Å². The van der Waals surface area contributed by atoms with Gasteiger partial charge in [0.1, 0.15) is 12.5 Å². The summed E-state index contributed by atoms with van der Waals surface area (Å²) in [7, 11) is 1.33. The molecule has 5 atom stereocenters. The van der Waals surface area contributed by atoms with Crippen molar-refractivity contribution in [3.8, 4) is 0 Å². The van der Waals surface area contributed by atoms with E-state index < -0.39 is 11.9 Å². The Kier molecular flexibility index (Phi) is 16.3. The molecule has 0 aromatic carbocycles. The van der Waals surface area contributed by atoms with E-state index in [2.05, 4.69) is 114 Å². The number of ether oxygens (including phenoxy) is 2. The van der Waals surface area contributed by atoms with Crippen LogP contribution in [0.1, 0.15) is 187 Å². The number of ketones is 1. The number of rotatable bonds is 20. The van der Waals surface area contributed by atoms with Crippen molar-refractivity contribution in [3.05, 3.63) is 89.9 Å². The highest BCUT2D eigenvalue weighted by atomic mass is 16.5. The minimum atomic E-state index is -1.13. The molecule has 348 valence electrons. The molecule has 0 amide bonds. The number of carbonyl (C=O) groups is 3. The summed E-state index contributed by atoms with van der Waals surface area (Å²) in [6.45, 7) is 24.6. The van der Waals surface area contributed by atoms with Crippen molar-refractivity contribution >= 4 is 41.5 Å². The molecule has 3 aromatic rings. The Balaban J connectivity index is 1.21. The number of fused-ring (bicyclic) bond motifs is 7. The first kappa shape index (κ1) is 48.7. The fourth-order valence-corrected chi connectivity index (χ4v) is 10.7. The molecule has 9 heteroatoms. The van der Waals surface area contributed by atoms with Crippen molar-refractivity contribution in [2.75, 3.05) is 13.7 Å². The number of aromatic nitrogens is 3. The van der Waals surface area contributed by atoms with E-state index in [4.69, 9.17) is 9.47 Å². The Morgan fingerprint density at radius 2 is 1.41 bits per heavy atom. The van der Waals surface area contributed by atoms with Gasteiger partial charge < -0.3 is 29.7 Å². The minimum Gasteiger partial charge on any atom is -0.468 e. The Morgan fingerprint density at radius 3 is 2.06 bits per heavy atom. The van der Waals surface area contributed by atoms with E-state index in [1.54, 1.807) is 0 Å². The van der Waals surface area contributed by atoms with Crippen LogP contribution in [0.4, 0.5) is 0 Å². The highest BCUT2D eigenvalue weighted by molar-refractivity contribution is 6.24. The number of Topliss-reactive ketones (excluding diaryl/α,β-unsaturated/α-hetero) is 1. The van der Waals surface area contributed by atoms with Crippen LogP contribution in [0.2, 0.25) is 0 Å². The zero-order valence-corrected chi connectivity index (χ0v) is 41.2. The van der Waals surface area contributed by atoms with Gasteiger partial charge in [-0.2, -0.15) is 0 Å². The normalized spacial score (nSPS) is 22.1. The number of aromatic amines is 3. The third kappa shape index (κ3) is 10.7. The van der Waals surface area contributed by atoms with Gasteiger partial charge in [-0.05, 0) is 130 Å². The lowest BCUT2D eigenvalue weighted by molar-refractivity contribution is -0.143. The molecule has 2 aliphatic heterocycles. The first-order valence-corrected chi connectivity index (χ1v) is 24.6. The lowest BCUT2D eigenvalue weighted by Gasteiger charge is -2.19. The maximum atomic E-state index is 14.4. The molecule has 6 rings (SSSR count). The molecule has 64 heavy (non-hydrogen) atoms. The SMILES string of the molecule is CCc1c2[nH]c(c1C)/C=C1\N/C(=C3\c4[nH]c(c(C)c4C(=O)[C@@H]3C(=O)OC)/C=c3\[nH]/c(c(C)c3CC)=C\2)[C@@H](CCC(=O)OCC=C(C)CCC[C@H](C)CCC[C@H](C)CCCC(C)C)[C@@H]1C. The van der Waals surface area contributed by atoms with Gasteiger partial charge in [0.25, 0.3) is 0 Å². The highest BCUT2D eigenvalue weighted by Gasteiger charge is 2.48. The second kappa shape index (κ2) is 21.5. The molecular weight excluding hydrogens is 797 g/mol. The summed E-state index contributed by atoms with van der Waals surface area (Å²) in [5.74, 6) is -0.174. The van der Waals surface area contributed by atoms with E-state index >= 15 is 0 Å². The predicted octanol–water partition coefficient (Wildman–Crippen LogP) is 11.0. The van der Waals surface area contributed by atoms with Crippen molar-refractivity contribution in [2.45, 2.75) is 160 Å². The maximum absolute atomic E-state index is 14.4. The molecule has 9 nitrogen and oxygen atoms in total. The summed E-state index contributed by atoms with van der Waals surface area (Å²) in [6.07, 6.45) is 22.3. The van der Waals surface area contributed by atoms with Crippen molar-refractivity contribution in [3.63, 3.8) is 0 Å². The number of hydrogen-bond acceptors (Lipinski definition) is 6. The van der Waals surface area contributed by atoms with Crippen LogP contribution in [-0.4, -0.2) is 46.4 Å². The second-order valence-corrected chi connectivity index (χ2v) is 19.9. The molecule has 1 fully saturated rings. The van der Waals surface area contributed by atoms with Crippen molar-refractivity contribution < 1.29 is 23.9 Å². The number of H-pyrrole nitrogens is 3. The third-order valence-corrected chi connectivity index (χ3v) is 14.8. The number of carbonyl (C=O) groups excluding carboxylic acids is 3. The largest absolute Gasteiger partial charge is 0.468 e. The number of esters is 2. The standard InChI is InChI=1S/C55H78N4O5/c1-13-39-35(8)42-28-44-37(10)41(24-25-48(60)64-27-26-34(7)23-17-22-33(6)21-16-20-32(5)19-15-18-31(3)4)52(58-44)50-51(55(62)63-12)54(61)49-38(11)45(59-53(49)50)30-47-40(14-2)36(9)43(57-47)29-46(39)56-42/h26,28-33,37,41,51,56-59H,13-25,27H2,1-12H3/b34-26?,43-29-,44-28-,47-30-,52-50-/t32-,33-,37+,41+,51-/m1/s1. The van der Waals surface area contributed by atoms with E-state index in [9.17, 15) is 14.4 Å². The van der Waals surface area contributed by atoms with Crippen molar-refractivity contribution in [1.29, 1.82) is 0 Å². The molecule has 5 heterocycles. The molecule has 3 aliphatic rings. The Bertz CT molecular complexity index is 2410. The van der Waals surface area contributed by atoms with E-state index in [1.165, 1.54) is 79.9 Å². The van der Waals surface area contributed by atoms with Crippen molar-refractivity contribution in [2.24, 2.45) is 35.5 Å². The lowest BCUT2D eigenvalue weighted by atomic mass is 9.85. The highest BCUT2D eigenvalue weighted by Crippen LogP contribution is 2.48. The van der Waals surface area contributed by atoms with Crippen LogP contribution >= 0.6 is 0 Å². The third-order valence-electron chi connectivity index (χ3n) is 14.8. The van der Waals surface area contributed by atoms with Crippen LogP contribution in [-0.2, 0) is 31.9 Å². The fraction of sp³-hybridized carbons (Fsp3) is 0.582. The average molecular weight is 875 g/mol. The minimum absolute atomic E-state index is 0.0618. The molecule has 1 saturated heterocycles. The van der Waals surface area contributed by atoms with Crippen LogP contribution in [0, 0.1) is 56.3 Å². The van der Waals surface area contributed by atoms with E-state index in [1.807, 2.05) is 6.92 Å². The van der Waals surface area contributed by atoms with Gasteiger partial charge in [-0.3, -0.25) is 14.4 Å². The zero-order chi connectivity index (χ0) is 46.4. The average Bonchev–Trinajstić information content (AvgIpc) is 3.99. The Labute approximate surface area is 383 Å². The Morgan fingerprint density at radius 1 is 0.766 bits per heavy atom. The molecule has 0 unspecified atom stereocenters. The fourth-order valence-electron chi connectivity index (χ4n) is 10.7. The van der Waals surface area contributed by atoms with E-state index in [0.717, 1.165) is 88.2 Å². The molecule has 0 saturated carbocycles. The summed E-state index contributed by atoms with van der Waals surface area (Å²) in [6, 6.07) is 0. The summed E-state index contributed by atoms with van der Waals surface area (Å²) >= 11 is 0. The van der Waals surface area contributed by atoms with Crippen LogP contribution < -0.4 is 16.0 Å². The quantitative estimate of drug-likeness (QED) is 0.0508. The zero-order valence-electron chi connectivity index (χ0n) is 41.2. The number of hydrogen-bond donors (Lipinski definition) is 4. The van der Waals surface area contributed by atoms with E-state index in [-0.39, 0.29) is 36.6 Å². The number of allylic oxidation sites excluding steroid dienone is 3. The topological polar surface area (TPSA) is 129 Å². The van der Waals surface area contributed by atoms with Gasteiger partial charge in [0, 0.05) is 68.6 Å². The monoisotopic (exact) mass is 875 g/mol. The molecule has 8 bridgehead atoms. The van der Waals surface area contributed by atoms with Gasteiger partial charge in [0.15, 0.2) is 5.78 Å². The second-order valence-electron chi connectivity index (χ2n) is 19.9. The van der Waals surface area contributed by atoms with Crippen molar-refractivity contribution in [1.82, 2.24) is 20.3 Å². The molecule has 0 radical (unpaired) electrons. The number of nitrogens with one attached hydrogen (secondary N) is 4. The lowest BCUT2D eigenvalue weighted by Crippen LogP contribution is -2.25. The van der Waals surface area contributed by atoms with Crippen LogP contribution in [0.5, 0.6) is 0 Å². The van der Waals surface area contributed by atoms with Crippen LogP contribution in [0.3, 0.4) is 0 Å². The van der Waals surface area contributed by atoms with Gasteiger partial charge in [0.05, 0.1) is 12.8 Å². The maximum Gasteiger partial charge on any atom is 0.321 e.